The number of rotatable bonds is 7. The fourth-order valence-electron chi connectivity index (χ4n) is 2.43. The molecule has 0 aliphatic carbocycles. The lowest BCUT2D eigenvalue weighted by Crippen LogP contribution is -2.40. The first-order valence-electron chi connectivity index (χ1n) is 7.33. The molecule has 1 saturated heterocycles. The lowest BCUT2D eigenvalue weighted by molar-refractivity contribution is 0.0384. The molecule has 19 heavy (non-hydrogen) atoms. The van der Waals surface area contributed by atoms with Crippen LogP contribution >= 0.6 is 0 Å². The van der Waals surface area contributed by atoms with Crippen LogP contribution in [0.25, 0.3) is 0 Å². The van der Waals surface area contributed by atoms with Gasteiger partial charge in [0.1, 0.15) is 0 Å². The summed E-state index contributed by atoms with van der Waals surface area (Å²) < 4.78 is 7.47. The molecule has 1 fully saturated rings. The molecule has 108 valence electrons. The Balaban J connectivity index is 1.69. The largest absolute Gasteiger partial charge is 0.379 e. The quantitative estimate of drug-likeness (QED) is 0.748. The maximum absolute atomic E-state index is 5.35. The van der Waals surface area contributed by atoms with Crippen molar-refractivity contribution in [3.8, 4) is 0 Å². The molecule has 5 heteroatoms. The maximum Gasteiger partial charge on any atom is 0.0597 e. The number of nitrogens with one attached hydrogen (secondary N) is 1. The predicted molar refractivity (Wildman–Crippen MR) is 76.2 cm³/mol. The molecule has 1 aliphatic rings. The van der Waals surface area contributed by atoms with Gasteiger partial charge in [-0.25, -0.2) is 0 Å². The standard InChI is InChI=1S/C14H26N4O/c1-3-5-18-14(11-13(2)16-18)12-15-4-6-17-7-9-19-10-8-17/h11,15H,3-10,12H2,1-2H3. The Labute approximate surface area is 115 Å². The third-order valence-corrected chi connectivity index (χ3v) is 3.44. The molecular formula is C14H26N4O. The van der Waals surface area contributed by atoms with Crippen LogP contribution in [0.5, 0.6) is 0 Å². The lowest BCUT2D eigenvalue weighted by atomic mass is 10.3. The van der Waals surface area contributed by atoms with Crippen LogP contribution in [0.3, 0.4) is 0 Å². The van der Waals surface area contributed by atoms with Gasteiger partial charge in [0.05, 0.1) is 24.6 Å². The number of nitrogens with zero attached hydrogens (tertiary/aromatic N) is 3. The molecule has 5 nitrogen and oxygen atoms in total. The van der Waals surface area contributed by atoms with Crippen molar-refractivity contribution in [2.75, 3.05) is 39.4 Å². The van der Waals surface area contributed by atoms with E-state index in [0.29, 0.717) is 0 Å². The van der Waals surface area contributed by atoms with Gasteiger partial charge in [-0.15, -0.1) is 0 Å². The van der Waals surface area contributed by atoms with Gasteiger partial charge in [-0.2, -0.15) is 5.10 Å². The summed E-state index contributed by atoms with van der Waals surface area (Å²) in [6, 6.07) is 2.18. The summed E-state index contributed by atoms with van der Waals surface area (Å²) in [6.45, 7) is 12.2. The van der Waals surface area contributed by atoms with Crippen molar-refractivity contribution in [2.24, 2.45) is 0 Å². The minimum Gasteiger partial charge on any atom is -0.379 e. The second kappa shape index (κ2) is 7.62. The number of hydrogen-bond donors (Lipinski definition) is 1. The monoisotopic (exact) mass is 266 g/mol. The highest BCUT2D eigenvalue weighted by Gasteiger charge is 2.09. The normalized spacial score (nSPS) is 16.9. The van der Waals surface area contributed by atoms with Gasteiger partial charge in [-0.05, 0) is 19.4 Å². The van der Waals surface area contributed by atoms with Crippen LogP contribution < -0.4 is 5.32 Å². The van der Waals surface area contributed by atoms with Crippen molar-refractivity contribution in [3.63, 3.8) is 0 Å². The van der Waals surface area contributed by atoms with Crippen LogP contribution in [0.4, 0.5) is 0 Å². The lowest BCUT2D eigenvalue weighted by Gasteiger charge is -2.26. The third kappa shape index (κ3) is 4.60. The molecule has 1 aliphatic heterocycles. The minimum atomic E-state index is 0.877. The molecule has 0 amide bonds. The number of aromatic nitrogens is 2. The highest BCUT2D eigenvalue weighted by atomic mass is 16.5. The van der Waals surface area contributed by atoms with Crippen molar-refractivity contribution >= 4 is 0 Å². The van der Waals surface area contributed by atoms with E-state index in [0.717, 1.165) is 64.6 Å². The molecule has 2 heterocycles. The number of morpholine rings is 1. The Morgan fingerprint density at radius 3 is 2.84 bits per heavy atom. The van der Waals surface area contributed by atoms with Gasteiger partial charge >= 0.3 is 0 Å². The first-order chi connectivity index (χ1) is 9.29. The molecule has 0 saturated carbocycles. The van der Waals surface area contributed by atoms with Gasteiger partial charge in [0.2, 0.25) is 0 Å². The topological polar surface area (TPSA) is 42.3 Å². The SMILES string of the molecule is CCCn1nc(C)cc1CNCCN1CCOCC1. The molecule has 0 aromatic carbocycles. The second-order valence-corrected chi connectivity index (χ2v) is 5.13. The number of hydrogen-bond acceptors (Lipinski definition) is 4. The van der Waals surface area contributed by atoms with E-state index >= 15 is 0 Å². The molecule has 0 unspecified atom stereocenters. The minimum absolute atomic E-state index is 0.877. The van der Waals surface area contributed by atoms with Gasteiger partial charge < -0.3 is 10.1 Å². The maximum atomic E-state index is 5.35. The van der Waals surface area contributed by atoms with Gasteiger partial charge in [0.15, 0.2) is 0 Å². The Hall–Kier alpha value is -0.910. The van der Waals surface area contributed by atoms with Crippen LogP contribution in [0, 0.1) is 6.92 Å². The molecule has 0 radical (unpaired) electrons. The molecule has 1 N–H and O–H groups in total. The summed E-state index contributed by atoms with van der Waals surface area (Å²) in [7, 11) is 0. The number of aryl methyl sites for hydroxylation is 2. The highest BCUT2D eigenvalue weighted by Crippen LogP contribution is 2.04. The van der Waals surface area contributed by atoms with E-state index in [4.69, 9.17) is 4.74 Å². The van der Waals surface area contributed by atoms with Gasteiger partial charge in [0, 0.05) is 39.3 Å². The summed E-state index contributed by atoms with van der Waals surface area (Å²) >= 11 is 0. The van der Waals surface area contributed by atoms with Crippen molar-refractivity contribution in [1.82, 2.24) is 20.0 Å². The zero-order chi connectivity index (χ0) is 13.5. The van der Waals surface area contributed by atoms with E-state index < -0.39 is 0 Å². The zero-order valence-corrected chi connectivity index (χ0v) is 12.2. The zero-order valence-electron chi connectivity index (χ0n) is 12.2. The molecule has 2 rings (SSSR count). The Morgan fingerprint density at radius 1 is 1.32 bits per heavy atom. The fraction of sp³-hybridized carbons (Fsp3) is 0.786. The molecule has 0 spiro atoms. The van der Waals surface area contributed by atoms with Gasteiger partial charge in [-0.1, -0.05) is 6.92 Å². The van der Waals surface area contributed by atoms with Crippen molar-refractivity contribution in [1.29, 1.82) is 0 Å². The third-order valence-electron chi connectivity index (χ3n) is 3.44. The van der Waals surface area contributed by atoms with Crippen molar-refractivity contribution in [3.05, 3.63) is 17.5 Å². The first-order valence-corrected chi connectivity index (χ1v) is 7.33. The van der Waals surface area contributed by atoms with E-state index in [2.05, 4.69) is 39.9 Å². The average molecular weight is 266 g/mol. The summed E-state index contributed by atoms with van der Waals surface area (Å²) in [5.74, 6) is 0. The van der Waals surface area contributed by atoms with E-state index in [1.165, 1.54) is 5.69 Å². The second-order valence-electron chi connectivity index (χ2n) is 5.13. The molecular weight excluding hydrogens is 240 g/mol. The van der Waals surface area contributed by atoms with Crippen molar-refractivity contribution < 1.29 is 4.74 Å². The van der Waals surface area contributed by atoms with E-state index in [1.807, 2.05) is 0 Å². The summed E-state index contributed by atoms with van der Waals surface area (Å²) in [4.78, 5) is 2.45. The number of ether oxygens (including phenoxy) is 1. The first kappa shape index (κ1) is 14.5. The van der Waals surface area contributed by atoms with E-state index in [-0.39, 0.29) is 0 Å². The predicted octanol–water partition coefficient (Wildman–Crippen LogP) is 1.02. The molecule has 0 bridgehead atoms. The molecule has 1 aromatic heterocycles. The van der Waals surface area contributed by atoms with Gasteiger partial charge in [-0.3, -0.25) is 9.58 Å². The van der Waals surface area contributed by atoms with Crippen LogP contribution in [0.15, 0.2) is 6.07 Å². The summed E-state index contributed by atoms with van der Waals surface area (Å²) in [5, 5.41) is 8.04. The van der Waals surface area contributed by atoms with E-state index in [9.17, 15) is 0 Å². The smallest absolute Gasteiger partial charge is 0.0597 e. The summed E-state index contributed by atoms with van der Waals surface area (Å²) in [6.07, 6.45) is 1.13. The van der Waals surface area contributed by atoms with Crippen LogP contribution in [-0.4, -0.2) is 54.1 Å². The Bertz CT molecular complexity index is 372. The van der Waals surface area contributed by atoms with Crippen LogP contribution in [0.2, 0.25) is 0 Å². The fourth-order valence-corrected chi connectivity index (χ4v) is 2.43. The average Bonchev–Trinajstić information content (AvgIpc) is 2.77. The Kier molecular flexibility index (Phi) is 5.82. The Morgan fingerprint density at radius 2 is 2.11 bits per heavy atom. The highest BCUT2D eigenvalue weighted by molar-refractivity contribution is 5.08. The summed E-state index contributed by atoms with van der Waals surface area (Å²) in [5.41, 5.74) is 2.40. The van der Waals surface area contributed by atoms with E-state index in [1.54, 1.807) is 0 Å². The molecule has 1 aromatic rings. The van der Waals surface area contributed by atoms with Crippen molar-refractivity contribution in [2.45, 2.75) is 33.4 Å². The molecule has 0 atom stereocenters. The van der Waals surface area contributed by atoms with Crippen LogP contribution in [-0.2, 0) is 17.8 Å². The van der Waals surface area contributed by atoms with Gasteiger partial charge in [0.25, 0.3) is 0 Å². The van der Waals surface area contributed by atoms with Crippen LogP contribution in [0.1, 0.15) is 24.7 Å².